The molecule has 6 atom stereocenters. The second-order valence-electron chi connectivity index (χ2n) is 7.66. The third-order valence-electron chi connectivity index (χ3n) is 5.40. The summed E-state index contributed by atoms with van der Waals surface area (Å²) in [6.07, 6.45) is -0.000852. The minimum absolute atomic E-state index is 0.232. The van der Waals surface area contributed by atoms with E-state index in [1.54, 1.807) is 0 Å². The molecule has 2 heterocycles. The molecule has 2 N–H and O–H groups in total. The number of nitrogens with one attached hydrogen (secondary N) is 1. The van der Waals surface area contributed by atoms with Crippen LogP contribution in [0.5, 0.6) is 0 Å². The first kappa shape index (κ1) is 23.0. The first-order valence-corrected chi connectivity index (χ1v) is 10.8. The zero-order chi connectivity index (χ0) is 21.3. The van der Waals surface area contributed by atoms with Crippen LogP contribution in [0.25, 0.3) is 0 Å². The van der Waals surface area contributed by atoms with Gasteiger partial charge in [0.15, 0.2) is 18.7 Å². The maximum Gasteiger partial charge on any atom is 0.407 e. The van der Waals surface area contributed by atoms with Gasteiger partial charge in [0, 0.05) is 19.2 Å². The van der Waals surface area contributed by atoms with Gasteiger partial charge in [-0.2, -0.15) is 0 Å². The quantitative estimate of drug-likeness (QED) is 0.590. The van der Waals surface area contributed by atoms with Crippen molar-refractivity contribution in [1.82, 2.24) is 5.32 Å². The first-order valence-electron chi connectivity index (χ1n) is 10.8. The molecule has 1 amide bonds. The second-order valence-corrected chi connectivity index (χ2v) is 7.66. The van der Waals surface area contributed by atoms with Crippen LogP contribution >= 0.6 is 0 Å². The number of rotatable bonds is 9. The first-order chi connectivity index (χ1) is 14.6. The van der Waals surface area contributed by atoms with Crippen LogP contribution in [0.3, 0.4) is 0 Å². The Kier molecular flexibility index (Phi) is 8.89. The van der Waals surface area contributed by atoms with Crippen LogP contribution in [-0.4, -0.2) is 62.2 Å². The number of hydrogen-bond acceptors (Lipinski definition) is 7. The highest BCUT2D eigenvalue weighted by Crippen LogP contribution is 2.35. The van der Waals surface area contributed by atoms with E-state index in [4.69, 9.17) is 23.7 Å². The number of aliphatic hydroxyl groups is 1. The minimum atomic E-state index is -1.18. The molecule has 2 aliphatic heterocycles. The van der Waals surface area contributed by atoms with Gasteiger partial charge in [-0.05, 0) is 6.42 Å². The lowest BCUT2D eigenvalue weighted by Gasteiger charge is -2.46. The van der Waals surface area contributed by atoms with Crippen LogP contribution < -0.4 is 5.32 Å². The van der Waals surface area contributed by atoms with Crippen LogP contribution in [0.4, 0.5) is 4.79 Å². The van der Waals surface area contributed by atoms with E-state index in [9.17, 15) is 9.90 Å². The molecule has 8 nitrogen and oxygen atoms in total. The van der Waals surface area contributed by atoms with E-state index in [1.165, 1.54) is 20.0 Å². The highest BCUT2D eigenvalue weighted by molar-refractivity contribution is 5.67. The Labute approximate surface area is 177 Å². The van der Waals surface area contributed by atoms with Crippen molar-refractivity contribution in [3.05, 3.63) is 35.9 Å². The van der Waals surface area contributed by atoms with Crippen LogP contribution in [0.15, 0.2) is 30.3 Å². The van der Waals surface area contributed by atoms with E-state index in [1.807, 2.05) is 30.3 Å². The van der Waals surface area contributed by atoms with Crippen molar-refractivity contribution >= 4 is 6.09 Å². The van der Waals surface area contributed by atoms with Crippen molar-refractivity contribution in [2.45, 2.75) is 76.0 Å². The molecule has 0 aliphatic carbocycles. The van der Waals surface area contributed by atoms with E-state index in [-0.39, 0.29) is 6.61 Å². The summed E-state index contributed by atoms with van der Waals surface area (Å²) in [6, 6.07) is 9.48. The molecular weight excluding hydrogens is 390 g/mol. The van der Waals surface area contributed by atoms with Gasteiger partial charge in [-0.1, -0.05) is 62.9 Å². The summed E-state index contributed by atoms with van der Waals surface area (Å²) in [6.45, 7) is 2.92. The summed E-state index contributed by atoms with van der Waals surface area (Å²) in [5.74, 6) is 0. The molecular formula is C22H33NO7. The SMILES string of the molecule is CCCCCCCNC(=O)O[C@@H]1[C@@H](O)[C@@H](OC)O[C@@H]2COC(c3ccccc3)O[C@@H]12. The Morgan fingerprint density at radius 2 is 1.93 bits per heavy atom. The number of carbonyl (C=O) groups excluding carboxylic acids is 1. The standard InChI is InChI=1S/C22H33NO7/c1-3-4-5-6-10-13-23-22(25)30-19-17(24)21(26-2)28-16-14-27-20(29-18(16)19)15-11-8-7-9-12-15/h7-9,11-12,16-21,24H,3-6,10,13-14H2,1-2H3,(H,23,25)/t16-,17-,18-,19-,20?,21+/m1/s1. The summed E-state index contributed by atoms with van der Waals surface area (Å²) in [5.41, 5.74) is 0.842. The summed E-state index contributed by atoms with van der Waals surface area (Å²) < 4.78 is 28.4. The van der Waals surface area contributed by atoms with Crippen LogP contribution in [0.2, 0.25) is 0 Å². The topological polar surface area (TPSA) is 95.5 Å². The van der Waals surface area contributed by atoms with E-state index < -0.39 is 43.1 Å². The van der Waals surface area contributed by atoms with Gasteiger partial charge in [-0.15, -0.1) is 0 Å². The smallest absolute Gasteiger partial charge is 0.407 e. The Morgan fingerprint density at radius 3 is 2.67 bits per heavy atom. The third-order valence-corrected chi connectivity index (χ3v) is 5.40. The van der Waals surface area contributed by atoms with Crippen LogP contribution in [0, 0.1) is 0 Å². The van der Waals surface area contributed by atoms with E-state index in [0.717, 1.165) is 24.8 Å². The highest BCUT2D eigenvalue weighted by atomic mass is 16.8. The van der Waals surface area contributed by atoms with Gasteiger partial charge in [0.25, 0.3) is 0 Å². The number of alkyl carbamates (subject to hydrolysis) is 1. The number of methoxy groups -OCH3 is 1. The molecule has 0 aromatic heterocycles. The lowest BCUT2D eigenvalue weighted by molar-refractivity contribution is -0.357. The molecule has 8 heteroatoms. The number of benzene rings is 1. The van der Waals surface area contributed by atoms with Crippen molar-refractivity contribution in [2.75, 3.05) is 20.3 Å². The number of carbonyl (C=O) groups is 1. The third kappa shape index (κ3) is 5.92. The summed E-state index contributed by atoms with van der Waals surface area (Å²) in [7, 11) is 1.43. The monoisotopic (exact) mass is 423 g/mol. The summed E-state index contributed by atoms with van der Waals surface area (Å²) in [5, 5.41) is 13.4. The Balaban J connectivity index is 1.60. The molecule has 3 rings (SSSR count). The molecule has 0 bridgehead atoms. The number of aliphatic hydroxyl groups excluding tert-OH is 1. The zero-order valence-electron chi connectivity index (χ0n) is 17.7. The van der Waals surface area contributed by atoms with E-state index in [0.29, 0.717) is 6.54 Å². The summed E-state index contributed by atoms with van der Waals surface area (Å²) in [4.78, 5) is 12.4. The predicted molar refractivity (Wildman–Crippen MR) is 109 cm³/mol. The Hall–Kier alpha value is -1.71. The molecule has 2 saturated heterocycles. The predicted octanol–water partition coefficient (Wildman–Crippen LogP) is 2.90. The van der Waals surface area contributed by atoms with Gasteiger partial charge >= 0.3 is 6.09 Å². The van der Waals surface area contributed by atoms with Crippen molar-refractivity contribution < 1.29 is 33.6 Å². The maximum absolute atomic E-state index is 12.4. The molecule has 168 valence electrons. The molecule has 30 heavy (non-hydrogen) atoms. The lowest BCUT2D eigenvalue weighted by atomic mass is 9.97. The fraction of sp³-hybridized carbons (Fsp3) is 0.682. The Bertz CT molecular complexity index is 644. The molecule has 0 spiro atoms. The second kappa shape index (κ2) is 11.6. The summed E-state index contributed by atoms with van der Waals surface area (Å²) >= 11 is 0. The number of hydrogen-bond donors (Lipinski definition) is 2. The molecule has 0 radical (unpaired) electrons. The average Bonchev–Trinajstić information content (AvgIpc) is 2.78. The molecule has 0 saturated carbocycles. The molecule has 2 aliphatic rings. The number of amides is 1. The molecule has 2 fully saturated rings. The Morgan fingerprint density at radius 1 is 1.17 bits per heavy atom. The fourth-order valence-corrected chi connectivity index (χ4v) is 3.76. The van der Waals surface area contributed by atoms with Crippen molar-refractivity contribution in [2.24, 2.45) is 0 Å². The molecule has 1 unspecified atom stereocenters. The molecule has 1 aromatic carbocycles. The van der Waals surface area contributed by atoms with Gasteiger partial charge in [0.2, 0.25) is 0 Å². The lowest BCUT2D eigenvalue weighted by Crippen LogP contribution is -2.63. The van der Waals surface area contributed by atoms with Crippen LogP contribution in [0.1, 0.15) is 50.9 Å². The van der Waals surface area contributed by atoms with Crippen LogP contribution in [-0.2, 0) is 23.7 Å². The largest absolute Gasteiger partial charge is 0.440 e. The van der Waals surface area contributed by atoms with E-state index in [2.05, 4.69) is 12.2 Å². The maximum atomic E-state index is 12.4. The average molecular weight is 424 g/mol. The van der Waals surface area contributed by atoms with Crippen molar-refractivity contribution in [1.29, 1.82) is 0 Å². The molecule has 1 aromatic rings. The fourth-order valence-electron chi connectivity index (χ4n) is 3.76. The highest BCUT2D eigenvalue weighted by Gasteiger charge is 2.51. The van der Waals surface area contributed by atoms with Crippen molar-refractivity contribution in [3.8, 4) is 0 Å². The number of ether oxygens (including phenoxy) is 5. The number of unbranched alkanes of at least 4 members (excludes halogenated alkanes) is 4. The van der Waals surface area contributed by atoms with Crippen molar-refractivity contribution in [3.63, 3.8) is 0 Å². The normalized spacial score (nSPS) is 31.0. The van der Waals surface area contributed by atoms with Gasteiger partial charge in [-0.3, -0.25) is 0 Å². The van der Waals surface area contributed by atoms with E-state index >= 15 is 0 Å². The number of fused-ring (bicyclic) bond motifs is 1. The van der Waals surface area contributed by atoms with Gasteiger partial charge in [0.05, 0.1) is 6.61 Å². The van der Waals surface area contributed by atoms with Gasteiger partial charge in [0.1, 0.15) is 18.3 Å². The zero-order valence-corrected chi connectivity index (χ0v) is 17.7. The van der Waals surface area contributed by atoms with Gasteiger partial charge < -0.3 is 34.1 Å². The van der Waals surface area contributed by atoms with Gasteiger partial charge in [-0.25, -0.2) is 4.79 Å². The minimum Gasteiger partial charge on any atom is -0.440 e.